The number of aromatic nitrogens is 1. The average Bonchev–Trinajstić information content (AvgIpc) is 3.16. The number of benzene rings is 1. The van der Waals surface area contributed by atoms with Gasteiger partial charge in [0, 0.05) is 29.5 Å². The van der Waals surface area contributed by atoms with E-state index in [-0.39, 0.29) is 34.9 Å². The van der Waals surface area contributed by atoms with Gasteiger partial charge in [0.05, 0.1) is 16.4 Å². The zero-order valence-corrected chi connectivity index (χ0v) is 25.7. The summed E-state index contributed by atoms with van der Waals surface area (Å²) < 4.78 is 102. The average molecular weight is 634 g/mol. The van der Waals surface area contributed by atoms with Gasteiger partial charge in [-0.25, -0.2) is 26.3 Å². The van der Waals surface area contributed by atoms with Crippen LogP contribution in [0.2, 0.25) is 0 Å². The van der Waals surface area contributed by atoms with Crippen molar-refractivity contribution in [2.75, 3.05) is 0 Å². The van der Waals surface area contributed by atoms with Crippen LogP contribution in [0.5, 0.6) is 0 Å². The lowest BCUT2D eigenvalue weighted by Gasteiger charge is -2.32. The smallest absolute Gasteiger partial charge is 0.417 e. The van der Waals surface area contributed by atoms with Crippen LogP contribution in [-0.2, 0) is 37.6 Å². The molecule has 0 saturated heterocycles. The van der Waals surface area contributed by atoms with Crippen molar-refractivity contribution in [2.24, 2.45) is 11.8 Å². The molecular weight excluding hydrogens is 595 g/mol. The van der Waals surface area contributed by atoms with Crippen molar-refractivity contribution in [1.29, 1.82) is 0 Å². The minimum atomic E-state index is -5.00. The third-order valence-corrected chi connectivity index (χ3v) is 11.3. The summed E-state index contributed by atoms with van der Waals surface area (Å²) in [7, 11) is -8.67. The highest BCUT2D eigenvalue weighted by molar-refractivity contribution is 7.89. The molecule has 0 bridgehead atoms. The van der Waals surface area contributed by atoms with Gasteiger partial charge < -0.3 is 9.67 Å². The number of carbonyl (C=O) groups is 1. The molecule has 9 nitrogen and oxygen atoms in total. The number of nitrogens with zero attached hydrogens (tertiary/aromatic N) is 1. The number of rotatable bonds is 9. The summed E-state index contributed by atoms with van der Waals surface area (Å²) in [6.07, 6.45) is 0.196. The van der Waals surface area contributed by atoms with E-state index in [4.69, 9.17) is 5.11 Å². The highest BCUT2D eigenvalue weighted by Crippen LogP contribution is 2.40. The highest BCUT2D eigenvalue weighted by atomic mass is 32.2. The van der Waals surface area contributed by atoms with Gasteiger partial charge in [-0.15, -0.1) is 0 Å². The minimum Gasteiger partial charge on any atom is -0.481 e. The largest absolute Gasteiger partial charge is 0.481 e. The Morgan fingerprint density at radius 1 is 0.976 bits per heavy atom. The van der Waals surface area contributed by atoms with Crippen LogP contribution in [0.1, 0.15) is 77.0 Å². The van der Waals surface area contributed by atoms with Crippen molar-refractivity contribution in [2.45, 2.75) is 107 Å². The van der Waals surface area contributed by atoms with Crippen LogP contribution in [0, 0.1) is 18.8 Å². The Morgan fingerprint density at radius 2 is 1.60 bits per heavy atom. The third-order valence-electron chi connectivity index (χ3n) is 7.90. The lowest BCUT2D eigenvalue weighted by Crippen LogP contribution is -2.46. The zero-order chi connectivity index (χ0) is 31.3. The number of hydrogen-bond acceptors (Lipinski definition) is 5. The second-order valence-corrected chi connectivity index (χ2v) is 15.8. The van der Waals surface area contributed by atoms with Crippen molar-refractivity contribution < 1.29 is 39.9 Å². The molecule has 2 aliphatic rings. The van der Waals surface area contributed by atoms with Crippen LogP contribution in [0.3, 0.4) is 0 Å². The molecule has 0 spiro atoms. The Labute approximate surface area is 245 Å². The number of sulfonamides is 2. The number of hydrogen-bond donors (Lipinski definition) is 3. The first kappa shape index (κ1) is 32.5. The molecule has 0 radical (unpaired) electrons. The molecule has 1 aromatic heterocycles. The predicted octanol–water partition coefficient (Wildman–Crippen LogP) is 5.28. The van der Waals surface area contributed by atoms with E-state index in [1.165, 1.54) is 32.9 Å². The molecule has 3 N–H and O–H groups in total. The van der Waals surface area contributed by atoms with Crippen LogP contribution < -0.4 is 9.44 Å². The van der Waals surface area contributed by atoms with Crippen LogP contribution >= 0.6 is 0 Å². The molecule has 2 aromatic rings. The maximum atomic E-state index is 14.3. The van der Waals surface area contributed by atoms with E-state index in [1.807, 2.05) is 0 Å². The Hall–Kier alpha value is -2.42. The summed E-state index contributed by atoms with van der Waals surface area (Å²) in [5.41, 5.74) is -1.76. The van der Waals surface area contributed by atoms with Crippen LogP contribution in [-0.4, -0.2) is 44.1 Å². The molecule has 0 aliphatic heterocycles. The first-order valence-corrected chi connectivity index (χ1v) is 17.0. The molecular formula is C28H38F3N3O6S2. The van der Waals surface area contributed by atoms with E-state index >= 15 is 0 Å². The number of alkyl halides is 3. The molecule has 0 unspecified atom stereocenters. The molecule has 2 saturated carbocycles. The van der Waals surface area contributed by atoms with Crippen LogP contribution in [0.4, 0.5) is 13.2 Å². The molecule has 14 heteroatoms. The fraction of sp³-hybridized carbons (Fsp3) is 0.607. The zero-order valence-electron chi connectivity index (χ0n) is 24.1. The number of carboxylic acid groups (broad SMARTS) is 1. The quantitative estimate of drug-likeness (QED) is 0.344. The number of aliphatic carboxylic acids is 1. The summed E-state index contributed by atoms with van der Waals surface area (Å²) in [6, 6.07) is 3.71. The van der Waals surface area contributed by atoms with Gasteiger partial charge in [-0.1, -0.05) is 25.3 Å². The van der Waals surface area contributed by atoms with Gasteiger partial charge in [0.15, 0.2) is 0 Å². The van der Waals surface area contributed by atoms with Crippen LogP contribution in [0.25, 0.3) is 11.3 Å². The fourth-order valence-corrected chi connectivity index (χ4v) is 8.95. The Bertz CT molecular complexity index is 1550. The summed E-state index contributed by atoms with van der Waals surface area (Å²) in [6.45, 7) is 6.56. The molecule has 2 aliphatic carbocycles. The number of halogens is 3. The van der Waals surface area contributed by atoms with E-state index in [0.29, 0.717) is 12.2 Å². The molecule has 42 heavy (non-hydrogen) atoms. The molecule has 4 rings (SSSR count). The maximum absolute atomic E-state index is 14.3. The van der Waals surface area contributed by atoms with E-state index in [0.717, 1.165) is 44.2 Å². The number of nitrogens with one attached hydrogen (secondary N) is 2. The van der Waals surface area contributed by atoms with Crippen molar-refractivity contribution in [3.05, 3.63) is 35.5 Å². The lowest BCUT2D eigenvalue weighted by molar-refractivity contribution is -0.145. The van der Waals surface area contributed by atoms with E-state index in [9.17, 15) is 34.8 Å². The van der Waals surface area contributed by atoms with Gasteiger partial charge >= 0.3 is 12.1 Å². The first-order chi connectivity index (χ1) is 19.3. The van der Waals surface area contributed by atoms with Gasteiger partial charge in [-0.2, -0.15) is 13.2 Å². The predicted molar refractivity (Wildman–Crippen MR) is 151 cm³/mol. The molecule has 0 atom stereocenters. The Morgan fingerprint density at radius 3 is 2.14 bits per heavy atom. The number of carboxylic acids is 1. The van der Waals surface area contributed by atoms with E-state index in [2.05, 4.69) is 9.44 Å². The minimum absolute atomic E-state index is 0.0342. The normalized spacial score (nSPS) is 20.8. The van der Waals surface area contributed by atoms with Crippen molar-refractivity contribution in [3.63, 3.8) is 0 Å². The second-order valence-electron chi connectivity index (χ2n) is 12.5. The summed E-state index contributed by atoms with van der Waals surface area (Å²) in [4.78, 5) is 10.1. The van der Waals surface area contributed by atoms with Gasteiger partial charge in [0.25, 0.3) is 0 Å². The lowest BCUT2D eigenvalue weighted by atomic mass is 9.81. The fourth-order valence-electron chi connectivity index (χ4n) is 5.80. The van der Waals surface area contributed by atoms with E-state index < -0.39 is 60.1 Å². The Balaban J connectivity index is 1.80. The molecule has 1 heterocycles. The van der Waals surface area contributed by atoms with Crippen molar-refractivity contribution in [1.82, 2.24) is 14.0 Å². The van der Waals surface area contributed by atoms with Gasteiger partial charge in [0.2, 0.25) is 20.0 Å². The Kier molecular flexibility index (Phi) is 8.96. The standard InChI is InChI=1S/C28H38F3N3O6S2/c1-17-25(41(37,38)32-21-12-20(13-21)26(35)36)15-23(34(17)16-18-8-6-5-7-9-18)19-10-11-24(22(14-19)28(29,30)31)42(39,40)33-27(2,3)4/h10-11,14-15,18,20-21,32-33H,5-9,12-13,16H2,1-4H3,(H,35,36). The summed E-state index contributed by atoms with van der Waals surface area (Å²) in [5, 5.41) is 9.13. The molecule has 234 valence electrons. The summed E-state index contributed by atoms with van der Waals surface area (Å²) in [5.74, 6) is -1.42. The molecule has 1 aromatic carbocycles. The maximum Gasteiger partial charge on any atom is 0.417 e. The van der Waals surface area contributed by atoms with Crippen molar-refractivity contribution >= 4 is 26.0 Å². The highest BCUT2D eigenvalue weighted by Gasteiger charge is 2.40. The molecule has 0 amide bonds. The SMILES string of the molecule is Cc1c(S(=O)(=O)NC2CC(C(=O)O)C2)cc(-c2ccc(S(=O)(=O)NC(C)(C)C)c(C(F)(F)F)c2)n1CC1CCCCC1. The monoisotopic (exact) mass is 633 g/mol. The summed E-state index contributed by atoms with van der Waals surface area (Å²) >= 11 is 0. The van der Waals surface area contributed by atoms with Crippen LogP contribution in [0.15, 0.2) is 34.1 Å². The van der Waals surface area contributed by atoms with E-state index in [1.54, 1.807) is 11.5 Å². The van der Waals surface area contributed by atoms with Gasteiger partial charge in [-0.05, 0) is 83.1 Å². The topological polar surface area (TPSA) is 135 Å². The molecule has 2 fully saturated rings. The first-order valence-electron chi connectivity index (χ1n) is 14.0. The van der Waals surface area contributed by atoms with Gasteiger partial charge in [0.1, 0.15) is 4.90 Å². The van der Waals surface area contributed by atoms with Gasteiger partial charge in [-0.3, -0.25) is 4.79 Å². The third kappa shape index (κ3) is 7.20. The second kappa shape index (κ2) is 11.6. The van der Waals surface area contributed by atoms with Crippen molar-refractivity contribution in [3.8, 4) is 11.3 Å².